The standard InChI is InChI=1S/C13H8Br2Cl2FN/c14-10-2-1-8(16)3-7(10)6-19-13-11(15)4-9(18)5-12(13)17/h1-5,19H,6H2. The number of anilines is 1. The number of rotatable bonds is 3. The van der Waals surface area contributed by atoms with Crippen molar-refractivity contribution in [1.29, 1.82) is 0 Å². The average molecular weight is 428 g/mol. The summed E-state index contributed by atoms with van der Waals surface area (Å²) in [6.45, 7) is 0.519. The number of hydrogen-bond donors (Lipinski definition) is 1. The largest absolute Gasteiger partial charge is 0.379 e. The molecule has 1 nitrogen and oxygen atoms in total. The Bertz CT molecular complexity index is 597. The molecule has 1 N–H and O–H groups in total. The molecule has 0 atom stereocenters. The molecule has 2 rings (SSSR count). The summed E-state index contributed by atoms with van der Waals surface area (Å²) in [5.74, 6) is -0.383. The fourth-order valence-electron chi connectivity index (χ4n) is 1.57. The van der Waals surface area contributed by atoms with Crippen LogP contribution in [0.15, 0.2) is 39.3 Å². The van der Waals surface area contributed by atoms with Gasteiger partial charge in [-0.3, -0.25) is 0 Å². The molecule has 19 heavy (non-hydrogen) atoms. The third-order valence-electron chi connectivity index (χ3n) is 2.47. The summed E-state index contributed by atoms with van der Waals surface area (Å²) >= 11 is 18.7. The smallest absolute Gasteiger partial charge is 0.125 e. The Balaban J connectivity index is 2.21. The third-order valence-corrected chi connectivity index (χ3v) is 4.40. The molecule has 100 valence electrons. The van der Waals surface area contributed by atoms with E-state index in [2.05, 4.69) is 37.2 Å². The molecule has 0 saturated heterocycles. The molecular weight excluding hydrogens is 420 g/mol. The van der Waals surface area contributed by atoms with Gasteiger partial charge in [0.05, 0.1) is 10.7 Å². The van der Waals surface area contributed by atoms with Gasteiger partial charge in [0.2, 0.25) is 0 Å². The van der Waals surface area contributed by atoms with Crippen molar-refractivity contribution in [2.24, 2.45) is 0 Å². The molecule has 2 aromatic rings. The molecule has 0 unspecified atom stereocenters. The van der Waals surface area contributed by atoms with Crippen molar-refractivity contribution in [3.63, 3.8) is 0 Å². The first-order chi connectivity index (χ1) is 8.97. The summed E-state index contributed by atoms with van der Waals surface area (Å²) in [5, 5.41) is 4.14. The molecule has 0 radical (unpaired) electrons. The molecule has 0 spiro atoms. The molecule has 0 amide bonds. The zero-order valence-electron chi connectivity index (χ0n) is 9.48. The van der Waals surface area contributed by atoms with E-state index in [1.807, 2.05) is 12.1 Å². The van der Waals surface area contributed by atoms with E-state index in [0.717, 1.165) is 10.0 Å². The highest BCUT2D eigenvalue weighted by Crippen LogP contribution is 2.32. The van der Waals surface area contributed by atoms with Crippen LogP contribution in [-0.2, 0) is 6.54 Å². The summed E-state index contributed by atoms with van der Waals surface area (Å²) in [7, 11) is 0. The molecule has 0 saturated carbocycles. The van der Waals surface area contributed by atoms with Gasteiger partial charge in [-0.05, 0) is 51.8 Å². The number of halogens is 5. The van der Waals surface area contributed by atoms with Crippen molar-refractivity contribution in [3.05, 3.63) is 60.7 Å². The monoisotopic (exact) mass is 425 g/mol. The zero-order chi connectivity index (χ0) is 14.0. The van der Waals surface area contributed by atoms with E-state index in [9.17, 15) is 4.39 Å². The van der Waals surface area contributed by atoms with E-state index in [-0.39, 0.29) is 5.82 Å². The first kappa shape index (κ1) is 15.1. The maximum atomic E-state index is 13.1. The van der Waals surface area contributed by atoms with Gasteiger partial charge in [-0.15, -0.1) is 0 Å². The molecule has 6 heteroatoms. The normalized spacial score (nSPS) is 10.6. The number of benzene rings is 2. The summed E-state index contributed by atoms with van der Waals surface area (Å²) in [6.07, 6.45) is 0. The highest BCUT2D eigenvalue weighted by Gasteiger charge is 2.09. The van der Waals surface area contributed by atoms with Crippen molar-refractivity contribution in [3.8, 4) is 0 Å². The first-order valence-corrected chi connectivity index (χ1v) is 7.64. The molecule has 0 bridgehead atoms. The van der Waals surface area contributed by atoms with E-state index in [4.69, 9.17) is 23.2 Å². The van der Waals surface area contributed by atoms with Crippen LogP contribution in [-0.4, -0.2) is 0 Å². The maximum Gasteiger partial charge on any atom is 0.125 e. The van der Waals surface area contributed by atoms with Crippen LogP contribution in [0.1, 0.15) is 5.56 Å². The average Bonchev–Trinajstić information content (AvgIpc) is 2.32. The summed E-state index contributed by atoms with van der Waals surface area (Å²) in [4.78, 5) is 0. The van der Waals surface area contributed by atoms with Crippen LogP contribution < -0.4 is 5.32 Å². The molecule has 0 fully saturated rings. The van der Waals surface area contributed by atoms with Gasteiger partial charge >= 0.3 is 0 Å². The Morgan fingerprint density at radius 2 is 1.79 bits per heavy atom. The van der Waals surface area contributed by atoms with Gasteiger partial charge < -0.3 is 5.32 Å². The topological polar surface area (TPSA) is 12.0 Å². The van der Waals surface area contributed by atoms with Gasteiger partial charge in [0, 0.05) is 20.5 Å². The molecule has 0 aliphatic carbocycles. The SMILES string of the molecule is Fc1cc(Cl)c(NCc2cc(Cl)ccc2Br)c(Br)c1. The van der Waals surface area contributed by atoms with Gasteiger partial charge in [0.25, 0.3) is 0 Å². The van der Waals surface area contributed by atoms with Crippen LogP contribution in [0.4, 0.5) is 10.1 Å². The van der Waals surface area contributed by atoms with Gasteiger partial charge in [0.15, 0.2) is 0 Å². The minimum Gasteiger partial charge on any atom is -0.379 e. The number of hydrogen-bond acceptors (Lipinski definition) is 1. The Hall–Kier alpha value is -0.290. The van der Waals surface area contributed by atoms with Crippen molar-refractivity contribution in [1.82, 2.24) is 0 Å². The lowest BCUT2D eigenvalue weighted by Crippen LogP contribution is -2.02. The lowest BCUT2D eigenvalue weighted by molar-refractivity contribution is 0.627. The van der Waals surface area contributed by atoms with Crippen molar-refractivity contribution in [2.45, 2.75) is 6.54 Å². The quantitative estimate of drug-likeness (QED) is 0.608. The molecule has 0 heterocycles. The second-order valence-corrected chi connectivity index (χ2v) is 6.39. The van der Waals surface area contributed by atoms with Crippen molar-refractivity contribution in [2.75, 3.05) is 5.32 Å². The zero-order valence-corrected chi connectivity index (χ0v) is 14.2. The lowest BCUT2D eigenvalue weighted by Gasteiger charge is -2.12. The van der Waals surface area contributed by atoms with Gasteiger partial charge in [-0.1, -0.05) is 39.1 Å². The summed E-state index contributed by atoms with van der Waals surface area (Å²) < 4.78 is 14.6. The fourth-order valence-corrected chi connectivity index (χ4v) is 3.11. The summed E-state index contributed by atoms with van der Waals surface area (Å²) in [5.41, 5.74) is 1.63. The van der Waals surface area contributed by atoms with Crippen LogP contribution in [0.5, 0.6) is 0 Å². The van der Waals surface area contributed by atoms with Gasteiger partial charge in [-0.2, -0.15) is 0 Å². The minimum absolute atomic E-state index is 0.324. The number of nitrogens with one attached hydrogen (secondary N) is 1. The van der Waals surface area contributed by atoms with Crippen LogP contribution in [0.25, 0.3) is 0 Å². The van der Waals surface area contributed by atoms with Crippen molar-refractivity contribution >= 4 is 60.7 Å². The predicted octanol–water partition coefficient (Wildman–Crippen LogP) is 6.27. The highest BCUT2D eigenvalue weighted by atomic mass is 79.9. The van der Waals surface area contributed by atoms with Crippen LogP contribution in [0.3, 0.4) is 0 Å². The van der Waals surface area contributed by atoms with Crippen LogP contribution >= 0.6 is 55.1 Å². The van der Waals surface area contributed by atoms with Gasteiger partial charge in [-0.25, -0.2) is 4.39 Å². The highest BCUT2D eigenvalue weighted by molar-refractivity contribution is 9.11. The third kappa shape index (κ3) is 3.85. The molecule has 0 aliphatic heterocycles. The Kier molecular flexibility index (Phi) is 5.12. The van der Waals surface area contributed by atoms with Crippen molar-refractivity contribution < 1.29 is 4.39 Å². The Morgan fingerprint density at radius 1 is 1.05 bits per heavy atom. The Morgan fingerprint density at radius 3 is 2.47 bits per heavy atom. The Labute approximate surface area is 137 Å². The molecular formula is C13H8Br2Cl2FN. The van der Waals surface area contributed by atoms with Crippen LogP contribution in [0.2, 0.25) is 10.0 Å². The van der Waals surface area contributed by atoms with E-state index in [1.165, 1.54) is 12.1 Å². The molecule has 0 aliphatic rings. The predicted molar refractivity (Wildman–Crippen MR) is 85.6 cm³/mol. The lowest BCUT2D eigenvalue weighted by atomic mass is 10.2. The molecule has 2 aromatic carbocycles. The van der Waals surface area contributed by atoms with E-state index in [0.29, 0.717) is 26.8 Å². The van der Waals surface area contributed by atoms with Crippen LogP contribution in [0, 0.1) is 5.82 Å². The van der Waals surface area contributed by atoms with E-state index >= 15 is 0 Å². The first-order valence-electron chi connectivity index (χ1n) is 5.29. The van der Waals surface area contributed by atoms with E-state index in [1.54, 1.807) is 6.07 Å². The minimum atomic E-state index is -0.383. The second kappa shape index (κ2) is 6.44. The van der Waals surface area contributed by atoms with Gasteiger partial charge in [0.1, 0.15) is 5.82 Å². The van der Waals surface area contributed by atoms with E-state index < -0.39 is 0 Å². The summed E-state index contributed by atoms with van der Waals surface area (Å²) in [6, 6.07) is 8.16. The molecule has 0 aromatic heterocycles. The fraction of sp³-hybridized carbons (Fsp3) is 0.0769. The maximum absolute atomic E-state index is 13.1. The second-order valence-electron chi connectivity index (χ2n) is 3.83.